The largest absolute Gasteiger partial charge is 0.496 e. The molecule has 0 saturated heterocycles. The number of hydrogen-bond donors (Lipinski definition) is 1. The first-order valence-corrected chi connectivity index (χ1v) is 14.4. The van der Waals surface area contributed by atoms with E-state index in [9.17, 15) is 27.9 Å². The Morgan fingerprint density at radius 2 is 1.70 bits per heavy atom. The van der Waals surface area contributed by atoms with Gasteiger partial charge in [0.2, 0.25) is 5.76 Å². The number of carbonyl (C=O) groups excluding carboxylic acids is 1. The number of methoxy groups -OCH3 is 1. The van der Waals surface area contributed by atoms with Crippen molar-refractivity contribution in [2.24, 2.45) is 0 Å². The van der Waals surface area contributed by atoms with E-state index < -0.39 is 29.2 Å². The zero-order valence-corrected chi connectivity index (χ0v) is 25.9. The standard InChI is InChI=1S/C35H32F3N3O5/c1-20-21(2)40-27-10-7-15-39-31(27)30(20)32(42)41(19-26-13-14-29(46-26)35(36,37)38)18-24-12-11-23(17-28(24)45-5)22-8-6-9-25(16-22)34(3,4)33(43)44/h6-17H,18-19H2,1-5H3,(H,43,44). The van der Waals surface area contributed by atoms with Crippen molar-refractivity contribution in [1.82, 2.24) is 14.9 Å². The molecule has 0 aliphatic carbocycles. The van der Waals surface area contributed by atoms with Crippen LogP contribution in [0.4, 0.5) is 13.2 Å². The van der Waals surface area contributed by atoms with Gasteiger partial charge in [0.25, 0.3) is 5.91 Å². The minimum absolute atomic E-state index is 0.0362. The number of amides is 1. The topological polar surface area (TPSA) is 106 Å². The van der Waals surface area contributed by atoms with Gasteiger partial charge in [-0.3, -0.25) is 19.6 Å². The molecule has 0 saturated carbocycles. The van der Waals surface area contributed by atoms with Crippen LogP contribution in [0.25, 0.3) is 22.2 Å². The molecule has 2 aromatic carbocycles. The van der Waals surface area contributed by atoms with E-state index in [0.29, 0.717) is 44.7 Å². The van der Waals surface area contributed by atoms with E-state index in [2.05, 4.69) is 9.97 Å². The molecule has 0 bridgehead atoms. The van der Waals surface area contributed by atoms with Crippen molar-refractivity contribution in [3.05, 3.63) is 112 Å². The Morgan fingerprint density at radius 1 is 0.957 bits per heavy atom. The molecule has 0 aliphatic rings. The van der Waals surface area contributed by atoms with Crippen LogP contribution in [0.5, 0.6) is 5.75 Å². The van der Waals surface area contributed by atoms with Crippen LogP contribution in [0, 0.1) is 13.8 Å². The van der Waals surface area contributed by atoms with E-state index in [-0.39, 0.29) is 18.8 Å². The summed E-state index contributed by atoms with van der Waals surface area (Å²) in [6.45, 7) is 6.49. The van der Waals surface area contributed by atoms with Gasteiger partial charge in [0.1, 0.15) is 17.0 Å². The van der Waals surface area contributed by atoms with Crippen LogP contribution in [0.1, 0.15) is 58.1 Å². The number of aliphatic carboxylic acids is 1. The molecular weight excluding hydrogens is 599 g/mol. The van der Waals surface area contributed by atoms with Crippen LogP contribution in [0.3, 0.4) is 0 Å². The summed E-state index contributed by atoms with van der Waals surface area (Å²) in [5.41, 5.74) is 4.02. The summed E-state index contributed by atoms with van der Waals surface area (Å²) in [5, 5.41) is 9.70. The molecule has 8 nitrogen and oxygen atoms in total. The van der Waals surface area contributed by atoms with Gasteiger partial charge >= 0.3 is 12.1 Å². The van der Waals surface area contributed by atoms with Crippen LogP contribution in [-0.4, -0.2) is 39.0 Å². The average Bonchev–Trinajstić information content (AvgIpc) is 3.51. The Morgan fingerprint density at radius 3 is 2.37 bits per heavy atom. The molecule has 238 valence electrons. The molecule has 11 heteroatoms. The van der Waals surface area contributed by atoms with E-state index in [1.807, 2.05) is 12.1 Å². The number of aromatic nitrogens is 2. The second-order valence-corrected chi connectivity index (χ2v) is 11.5. The summed E-state index contributed by atoms with van der Waals surface area (Å²) in [5.74, 6) is -2.20. The monoisotopic (exact) mass is 631 g/mol. The summed E-state index contributed by atoms with van der Waals surface area (Å²) < 4.78 is 50.9. The molecule has 0 unspecified atom stereocenters. The lowest BCUT2D eigenvalue weighted by Crippen LogP contribution is -2.31. The minimum Gasteiger partial charge on any atom is -0.496 e. The number of furan rings is 1. The third-order valence-corrected chi connectivity index (χ3v) is 8.12. The van der Waals surface area contributed by atoms with Crippen molar-refractivity contribution in [2.75, 3.05) is 7.11 Å². The SMILES string of the molecule is COc1cc(-c2cccc(C(C)(C)C(=O)O)c2)ccc1CN(Cc1ccc(C(F)(F)F)o1)C(=O)c1c(C)c(C)nc2cccnc12. The Hall–Kier alpha value is -5.19. The molecule has 0 radical (unpaired) electrons. The number of nitrogens with zero attached hydrogens (tertiary/aromatic N) is 3. The first-order chi connectivity index (χ1) is 21.7. The van der Waals surface area contributed by atoms with E-state index >= 15 is 0 Å². The molecule has 0 atom stereocenters. The molecule has 0 aliphatic heterocycles. The number of alkyl halides is 3. The molecule has 5 aromatic rings. The molecule has 1 N–H and O–H groups in total. The number of carbonyl (C=O) groups is 2. The normalized spacial score (nSPS) is 11.9. The first kappa shape index (κ1) is 32.2. The highest BCUT2D eigenvalue weighted by Gasteiger charge is 2.35. The third kappa shape index (κ3) is 6.30. The Kier molecular flexibility index (Phi) is 8.62. The van der Waals surface area contributed by atoms with Gasteiger partial charge in [0.15, 0.2) is 0 Å². The van der Waals surface area contributed by atoms with Gasteiger partial charge in [-0.25, -0.2) is 0 Å². The van der Waals surface area contributed by atoms with Gasteiger partial charge < -0.3 is 19.2 Å². The number of fused-ring (bicyclic) bond motifs is 1. The van der Waals surface area contributed by atoms with Crippen molar-refractivity contribution >= 4 is 22.9 Å². The number of ether oxygens (including phenoxy) is 1. The van der Waals surface area contributed by atoms with Crippen LogP contribution < -0.4 is 4.74 Å². The predicted octanol–water partition coefficient (Wildman–Crippen LogP) is 7.74. The highest BCUT2D eigenvalue weighted by Crippen LogP contribution is 2.34. The third-order valence-electron chi connectivity index (χ3n) is 8.12. The second-order valence-electron chi connectivity index (χ2n) is 11.5. The number of hydrogen-bond acceptors (Lipinski definition) is 6. The van der Waals surface area contributed by atoms with Crippen molar-refractivity contribution in [3.8, 4) is 16.9 Å². The fraction of sp³-hybridized carbons (Fsp3) is 0.257. The van der Waals surface area contributed by atoms with E-state index in [1.54, 1.807) is 76.4 Å². The van der Waals surface area contributed by atoms with Crippen molar-refractivity contribution < 1.29 is 37.0 Å². The second kappa shape index (κ2) is 12.3. The summed E-state index contributed by atoms with van der Waals surface area (Å²) in [7, 11) is 1.48. The zero-order valence-electron chi connectivity index (χ0n) is 25.9. The summed E-state index contributed by atoms with van der Waals surface area (Å²) in [6.07, 6.45) is -3.13. The maximum Gasteiger partial charge on any atom is 0.449 e. The van der Waals surface area contributed by atoms with Crippen molar-refractivity contribution in [2.45, 2.75) is 52.4 Å². The predicted molar refractivity (Wildman–Crippen MR) is 165 cm³/mol. The number of benzene rings is 2. The van der Waals surface area contributed by atoms with Crippen LogP contribution in [0.2, 0.25) is 0 Å². The number of carboxylic acid groups (broad SMARTS) is 1. The molecule has 0 fully saturated rings. The highest BCUT2D eigenvalue weighted by molar-refractivity contribution is 6.06. The van der Waals surface area contributed by atoms with Crippen LogP contribution >= 0.6 is 0 Å². The minimum atomic E-state index is -4.68. The Labute approximate surface area is 263 Å². The van der Waals surface area contributed by atoms with Crippen LogP contribution in [0.15, 0.2) is 77.3 Å². The lowest BCUT2D eigenvalue weighted by molar-refractivity contribution is -0.153. The van der Waals surface area contributed by atoms with Crippen molar-refractivity contribution in [3.63, 3.8) is 0 Å². The Bertz CT molecular complexity index is 1950. The lowest BCUT2D eigenvalue weighted by atomic mass is 9.83. The zero-order chi connectivity index (χ0) is 33.4. The number of rotatable bonds is 9. The summed E-state index contributed by atoms with van der Waals surface area (Å²) in [6, 6.07) is 18.1. The average molecular weight is 632 g/mol. The highest BCUT2D eigenvalue weighted by atomic mass is 19.4. The van der Waals surface area contributed by atoms with Gasteiger partial charge in [0.05, 0.1) is 36.7 Å². The van der Waals surface area contributed by atoms with Gasteiger partial charge in [0, 0.05) is 17.5 Å². The Balaban J connectivity index is 1.56. The molecule has 0 spiro atoms. The van der Waals surface area contributed by atoms with Gasteiger partial charge in [-0.1, -0.05) is 36.4 Å². The maximum atomic E-state index is 14.3. The van der Waals surface area contributed by atoms with E-state index in [4.69, 9.17) is 9.15 Å². The van der Waals surface area contributed by atoms with Crippen molar-refractivity contribution in [1.29, 1.82) is 0 Å². The quantitative estimate of drug-likeness (QED) is 0.177. The fourth-order valence-electron chi connectivity index (χ4n) is 5.20. The number of halogens is 3. The summed E-state index contributed by atoms with van der Waals surface area (Å²) in [4.78, 5) is 36.5. The lowest BCUT2D eigenvalue weighted by Gasteiger charge is -2.25. The van der Waals surface area contributed by atoms with E-state index in [1.165, 1.54) is 18.1 Å². The molecule has 46 heavy (non-hydrogen) atoms. The molecular formula is C35H32F3N3O5. The molecule has 5 rings (SSSR count). The van der Waals surface area contributed by atoms with Gasteiger partial charge in [-0.2, -0.15) is 13.2 Å². The molecule has 1 amide bonds. The number of carboxylic acids is 1. The molecule has 3 aromatic heterocycles. The maximum absolute atomic E-state index is 14.3. The summed E-state index contributed by atoms with van der Waals surface area (Å²) >= 11 is 0. The number of pyridine rings is 2. The first-order valence-electron chi connectivity index (χ1n) is 14.4. The van der Waals surface area contributed by atoms with Crippen LogP contribution in [-0.2, 0) is 29.5 Å². The molecule has 3 heterocycles. The smallest absolute Gasteiger partial charge is 0.449 e. The van der Waals surface area contributed by atoms with Gasteiger partial charge in [-0.15, -0.1) is 0 Å². The van der Waals surface area contributed by atoms with E-state index in [0.717, 1.165) is 17.2 Å². The number of aryl methyl sites for hydroxylation is 1. The van der Waals surface area contributed by atoms with Gasteiger partial charge in [-0.05, 0) is 80.3 Å². The fourth-order valence-corrected chi connectivity index (χ4v) is 5.20.